The van der Waals surface area contributed by atoms with Crippen molar-refractivity contribution in [3.05, 3.63) is 5.69 Å². The molecule has 0 aliphatic carbocycles. The highest BCUT2D eigenvalue weighted by Crippen LogP contribution is 2.26. The van der Waals surface area contributed by atoms with Gasteiger partial charge in [0.1, 0.15) is 6.07 Å². The molecule has 86 valence electrons. The summed E-state index contributed by atoms with van der Waals surface area (Å²) in [6, 6.07) is 2.00. The molecule has 0 unspecified atom stereocenters. The Balaban J connectivity index is 2.20. The number of oxazole rings is 1. The third kappa shape index (κ3) is 2.09. The fraction of sp³-hybridized carbons (Fsp3) is 0.600. The van der Waals surface area contributed by atoms with Crippen LogP contribution in [0.3, 0.4) is 0 Å². The zero-order chi connectivity index (χ0) is 11.4. The van der Waals surface area contributed by atoms with E-state index in [0.717, 1.165) is 0 Å². The lowest BCUT2D eigenvalue weighted by atomic mass is 10.4. The van der Waals surface area contributed by atoms with E-state index in [1.165, 1.54) is 0 Å². The van der Waals surface area contributed by atoms with E-state index in [1.54, 1.807) is 0 Å². The Bertz CT molecular complexity index is 391. The molecule has 0 bridgehead atoms. The van der Waals surface area contributed by atoms with Crippen LogP contribution in [0.4, 0.5) is 5.88 Å². The molecule has 1 aromatic rings. The second-order valence-electron chi connectivity index (χ2n) is 3.28. The third-order valence-electron chi connectivity index (χ3n) is 2.26. The van der Waals surface area contributed by atoms with Gasteiger partial charge in [-0.25, -0.2) is 0 Å². The van der Waals surface area contributed by atoms with E-state index in [2.05, 4.69) is 4.98 Å². The van der Waals surface area contributed by atoms with Crippen molar-refractivity contribution < 1.29 is 13.9 Å². The number of aromatic nitrogens is 1. The molecule has 0 N–H and O–H groups in total. The number of anilines is 1. The van der Waals surface area contributed by atoms with Crippen LogP contribution in [0, 0.1) is 11.3 Å². The molecule has 0 aromatic carbocycles. The molecule has 1 saturated heterocycles. The van der Waals surface area contributed by atoms with Crippen LogP contribution in [0.2, 0.25) is 0 Å². The lowest BCUT2D eigenvalue weighted by Gasteiger charge is -2.25. The lowest BCUT2D eigenvalue weighted by molar-refractivity contribution is 0.120. The third-order valence-corrected chi connectivity index (χ3v) is 2.26. The van der Waals surface area contributed by atoms with Crippen LogP contribution >= 0.6 is 0 Å². The van der Waals surface area contributed by atoms with Gasteiger partial charge in [-0.15, -0.1) is 0 Å². The molecule has 1 aromatic heterocycles. The van der Waals surface area contributed by atoms with Crippen LogP contribution in [0.5, 0.6) is 6.08 Å². The Morgan fingerprint density at radius 1 is 1.50 bits per heavy atom. The van der Waals surface area contributed by atoms with Crippen LogP contribution in [-0.4, -0.2) is 37.9 Å². The van der Waals surface area contributed by atoms with Crippen molar-refractivity contribution in [3.8, 4) is 12.1 Å². The second-order valence-corrected chi connectivity index (χ2v) is 3.28. The van der Waals surface area contributed by atoms with Crippen LogP contribution in [0.15, 0.2) is 4.42 Å². The summed E-state index contributed by atoms with van der Waals surface area (Å²) in [5.74, 6) is 0.481. The smallest absolute Gasteiger partial charge is 0.396 e. The first-order valence-electron chi connectivity index (χ1n) is 5.21. The Kier molecular flexibility index (Phi) is 3.27. The van der Waals surface area contributed by atoms with E-state index in [9.17, 15) is 0 Å². The lowest BCUT2D eigenvalue weighted by Crippen LogP contribution is -2.36. The van der Waals surface area contributed by atoms with E-state index in [-0.39, 0.29) is 11.8 Å². The van der Waals surface area contributed by atoms with Crippen molar-refractivity contribution in [2.24, 2.45) is 0 Å². The van der Waals surface area contributed by atoms with Crippen LogP contribution < -0.4 is 9.64 Å². The van der Waals surface area contributed by atoms with Crippen LogP contribution in [0.1, 0.15) is 12.6 Å². The van der Waals surface area contributed by atoms with Gasteiger partial charge in [-0.1, -0.05) is 0 Å². The van der Waals surface area contributed by atoms with Gasteiger partial charge in [-0.2, -0.15) is 10.2 Å². The average molecular weight is 223 g/mol. The summed E-state index contributed by atoms with van der Waals surface area (Å²) in [6.45, 7) is 4.98. The van der Waals surface area contributed by atoms with Gasteiger partial charge in [-0.3, -0.25) is 0 Å². The molecule has 0 saturated carbocycles. The quantitative estimate of drug-likeness (QED) is 0.754. The van der Waals surface area contributed by atoms with E-state index < -0.39 is 0 Å². The monoisotopic (exact) mass is 223 g/mol. The summed E-state index contributed by atoms with van der Waals surface area (Å²) in [5.41, 5.74) is 0.269. The van der Waals surface area contributed by atoms with Crippen LogP contribution in [0.25, 0.3) is 0 Å². The first kappa shape index (κ1) is 10.8. The first-order chi connectivity index (χ1) is 7.85. The van der Waals surface area contributed by atoms with Gasteiger partial charge in [0, 0.05) is 13.1 Å². The van der Waals surface area contributed by atoms with Gasteiger partial charge in [0.25, 0.3) is 0 Å². The van der Waals surface area contributed by atoms with Crippen LogP contribution in [-0.2, 0) is 4.74 Å². The molecule has 0 atom stereocenters. The summed E-state index contributed by atoms with van der Waals surface area (Å²) in [4.78, 5) is 5.90. The standard InChI is InChI=1S/C10H13N3O3/c1-2-15-10-12-8(7-11)9(16-10)13-3-5-14-6-4-13/h2-6H2,1H3. The molecule has 6 nitrogen and oxygen atoms in total. The van der Waals surface area contributed by atoms with Gasteiger partial charge in [0.05, 0.1) is 19.8 Å². The number of ether oxygens (including phenoxy) is 2. The topological polar surface area (TPSA) is 71.5 Å². The van der Waals surface area contributed by atoms with Crippen molar-refractivity contribution in [2.75, 3.05) is 37.8 Å². The summed E-state index contributed by atoms with van der Waals surface area (Å²) < 4.78 is 15.8. The van der Waals surface area contributed by atoms with Gasteiger partial charge >= 0.3 is 6.08 Å². The van der Waals surface area contributed by atoms with Crippen molar-refractivity contribution >= 4 is 5.88 Å². The van der Waals surface area contributed by atoms with Gasteiger partial charge in [0.2, 0.25) is 11.6 Å². The average Bonchev–Trinajstić information content (AvgIpc) is 2.74. The molecule has 1 aliphatic rings. The number of morpholine rings is 1. The fourth-order valence-corrected chi connectivity index (χ4v) is 1.53. The molecule has 0 spiro atoms. The van der Waals surface area contributed by atoms with Crippen molar-refractivity contribution in [1.29, 1.82) is 5.26 Å². The number of nitrogens with zero attached hydrogens (tertiary/aromatic N) is 3. The maximum atomic E-state index is 8.94. The van der Waals surface area contributed by atoms with E-state index in [4.69, 9.17) is 19.2 Å². The summed E-state index contributed by atoms with van der Waals surface area (Å²) in [6.07, 6.45) is 0.153. The number of nitriles is 1. The summed E-state index contributed by atoms with van der Waals surface area (Å²) in [7, 11) is 0. The molecule has 0 radical (unpaired) electrons. The fourth-order valence-electron chi connectivity index (χ4n) is 1.53. The minimum atomic E-state index is 0.153. The molecular formula is C10H13N3O3. The highest BCUT2D eigenvalue weighted by molar-refractivity contribution is 5.48. The Labute approximate surface area is 93.4 Å². The Morgan fingerprint density at radius 2 is 2.25 bits per heavy atom. The Morgan fingerprint density at radius 3 is 2.88 bits per heavy atom. The molecule has 6 heteroatoms. The molecule has 2 rings (SSSR count). The molecular weight excluding hydrogens is 210 g/mol. The predicted octanol–water partition coefficient (Wildman–Crippen LogP) is 0.782. The first-order valence-corrected chi connectivity index (χ1v) is 5.21. The minimum absolute atomic E-state index is 0.153. The summed E-state index contributed by atoms with van der Waals surface area (Å²) >= 11 is 0. The largest absolute Gasteiger partial charge is 0.450 e. The summed E-state index contributed by atoms with van der Waals surface area (Å²) in [5, 5.41) is 8.94. The predicted molar refractivity (Wildman–Crippen MR) is 55.4 cm³/mol. The molecule has 0 amide bonds. The SMILES string of the molecule is CCOc1nc(C#N)c(N2CCOCC2)o1. The van der Waals surface area contributed by atoms with Gasteiger partial charge in [-0.05, 0) is 6.92 Å². The van der Waals surface area contributed by atoms with Crippen molar-refractivity contribution in [1.82, 2.24) is 4.98 Å². The molecule has 16 heavy (non-hydrogen) atoms. The van der Waals surface area contributed by atoms with Crippen molar-refractivity contribution in [3.63, 3.8) is 0 Å². The van der Waals surface area contributed by atoms with Gasteiger partial charge in [0.15, 0.2) is 0 Å². The number of rotatable bonds is 3. The van der Waals surface area contributed by atoms with Gasteiger partial charge < -0.3 is 18.8 Å². The maximum absolute atomic E-state index is 8.94. The molecule has 1 fully saturated rings. The minimum Gasteiger partial charge on any atom is -0.450 e. The number of hydrogen-bond acceptors (Lipinski definition) is 6. The zero-order valence-corrected chi connectivity index (χ0v) is 9.10. The Hall–Kier alpha value is -1.74. The zero-order valence-electron chi connectivity index (χ0n) is 9.10. The van der Waals surface area contributed by atoms with E-state index in [1.807, 2.05) is 17.9 Å². The second kappa shape index (κ2) is 4.86. The highest BCUT2D eigenvalue weighted by Gasteiger charge is 2.21. The normalized spacial score (nSPS) is 15.9. The highest BCUT2D eigenvalue weighted by atomic mass is 16.6. The maximum Gasteiger partial charge on any atom is 0.396 e. The molecule has 2 heterocycles. The van der Waals surface area contributed by atoms with E-state index >= 15 is 0 Å². The number of hydrogen-bond donors (Lipinski definition) is 0. The van der Waals surface area contributed by atoms with Crippen molar-refractivity contribution in [2.45, 2.75) is 6.92 Å². The van der Waals surface area contributed by atoms with E-state index in [0.29, 0.717) is 38.8 Å². The molecule has 1 aliphatic heterocycles.